The average molecular weight is 164 g/mol. The van der Waals surface area contributed by atoms with Crippen molar-refractivity contribution in [3.63, 3.8) is 0 Å². The molecule has 0 radical (unpaired) electrons. The van der Waals surface area contributed by atoms with E-state index in [0.717, 1.165) is 19.3 Å². The Bertz CT molecular complexity index is 211. The first-order chi connectivity index (χ1) is 5.79. The molecule has 0 saturated heterocycles. The highest BCUT2D eigenvalue weighted by Crippen LogP contribution is 2.41. The first-order valence-corrected chi connectivity index (χ1v) is 5.00. The Labute approximate surface area is 73.8 Å². The molecule has 0 aromatic carbocycles. The highest BCUT2D eigenvalue weighted by molar-refractivity contribution is 5.89. The van der Waals surface area contributed by atoms with Crippen LogP contribution in [0.1, 0.15) is 38.5 Å². The Hall–Kier alpha value is -0.590. The van der Waals surface area contributed by atoms with Gasteiger partial charge in [0.15, 0.2) is 0 Å². The van der Waals surface area contributed by atoms with Crippen LogP contribution in [0.15, 0.2) is 12.2 Å². The molecule has 0 unspecified atom stereocenters. The molecule has 0 spiro atoms. The molecule has 2 rings (SSSR count). The summed E-state index contributed by atoms with van der Waals surface area (Å²) < 4.78 is 0. The van der Waals surface area contributed by atoms with Gasteiger partial charge in [-0.2, -0.15) is 0 Å². The van der Waals surface area contributed by atoms with Crippen LogP contribution >= 0.6 is 0 Å². The molecule has 0 bridgehead atoms. The lowest BCUT2D eigenvalue weighted by Gasteiger charge is -2.19. The standard InChI is InChI=1S/C11H16O/c1-8-7-10(8)11(12)9-5-3-2-4-6-9/h9-10H,1-7H2/t10-/m1/s1. The first kappa shape index (κ1) is 8.03. The SMILES string of the molecule is C=C1C[C@H]1C(=O)C1CCCCC1. The molecule has 1 atom stereocenters. The van der Waals surface area contributed by atoms with Gasteiger partial charge in [0.1, 0.15) is 5.78 Å². The Kier molecular flexibility index (Phi) is 2.03. The Morgan fingerprint density at radius 1 is 1.25 bits per heavy atom. The Morgan fingerprint density at radius 2 is 1.83 bits per heavy atom. The lowest BCUT2D eigenvalue weighted by molar-refractivity contribution is -0.124. The van der Waals surface area contributed by atoms with E-state index in [-0.39, 0.29) is 5.92 Å². The van der Waals surface area contributed by atoms with Crippen molar-refractivity contribution in [2.45, 2.75) is 38.5 Å². The summed E-state index contributed by atoms with van der Waals surface area (Å²) in [6.07, 6.45) is 7.11. The lowest BCUT2D eigenvalue weighted by atomic mass is 9.84. The summed E-state index contributed by atoms with van der Waals surface area (Å²) in [6.45, 7) is 3.84. The number of Topliss-reactive ketones (excluding diaryl/α,β-unsaturated/α-hetero) is 1. The first-order valence-electron chi connectivity index (χ1n) is 5.00. The normalized spacial score (nSPS) is 30.3. The van der Waals surface area contributed by atoms with Crippen molar-refractivity contribution < 1.29 is 4.79 Å². The maximum Gasteiger partial charge on any atom is 0.143 e. The van der Waals surface area contributed by atoms with E-state index in [4.69, 9.17) is 0 Å². The van der Waals surface area contributed by atoms with Crippen LogP contribution in [0.5, 0.6) is 0 Å². The van der Waals surface area contributed by atoms with E-state index in [1.54, 1.807) is 0 Å². The average Bonchev–Trinajstić information content (AvgIpc) is 2.83. The van der Waals surface area contributed by atoms with Crippen molar-refractivity contribution in [3.05, 3.63) is 12.2 Å². The van der Waals surface area contributed by atoms with E-state index in [2.05, 4.69) is 6.58 Å². The number of hydrogen-bond donors (Lipinski definition) is 0. The van der Waals surface area contributed by atoms with Crippen LogP contribution < -0.4 is 0 Å². The second-order valence-corrected chi connectivity index (χ2v) is 4.15. The molecule has 2 aliphatic rings. The van der Waals surface area contributed by atoms with Crippen molar-refractivity contribution in [2.24, 2.45) is 11.8 Å². The number of ketones is 1. The van der Waals surface area contributed by atoms with E-state index in [9.17, 15) is 4.79 Å². The third-order valence-corrected chi connectivity index (χ3v) is 3.15. The molecule has 0 aromatic heterocycles. The zero-order valence-electron chi connectivity index (χ0n) is 7.51. The summed E-state index contributed by atoms with van der Waals surface area (Å²) in [7, 11) is 0. The second kappa shape index (κ2) is 3.04. The van der Waals surface area contributed by atoms with Gasteiger partial charge >= 0.3 is 0 Å². The van der Waals surface area contributed by atoms with E-state index in [1.165, 1.54) is 24.8 Å². The van der Waals surface area contributed by atoms with Crippen molar-refractivity contribution in [3.8, 4) is 0 Å². The van der Waals surface area contributed by atoms with Crippen LogP contribution in [0.2, 0.25) is 0 Å². The van der Waals surface area contributed by atoms with Gasteiger partial charge in [0, 0.05) is 11.8 Å². The van der Waals surface area contributed by atoms with Crippen LogP contribution in [0.4, 0.5) is 0 Å². The summed E-state index contributed by atoms with van der Waals surface area (Å²) >= 11 is 0. The van der Waals surface area contributed by atoms with Gasteiger partial charge in [0.05, 0.1) is 0 Å². The predicted octanol–water partition coefficient (Wildman–Crippen LogP) is 2.71. The predicted molar refractivity (Wildman–Crippen MR) is 48.8 cm³/mol. The maximum absolute atomic E-state index is 11.7. The van der Waals surface area contributed by atoms with Gasteiger partial charge < -0.3 is 0 Å². The van der Waals surface area contributed by atoms with Gasteiger partial charge in [-0.25, -0.2) is 0 Å². The minimum atomic E-state index is 0.271. The summed E-state index contributed by atoms with van der Waals surface area (Å²) in [5.74, 6) is 1.16. The fraction of sp³-hybridized carbons (Fsp3) is 0.727. The van der Waals surface area contributed by atoms with E-state index < -0.39 is 0 Å². The van der Waals surface area contributed by atoms with Gasteiger partial charge in [-0.3, -0.25) is 4.79 Å². The van der Waals surface area contributed by atoms with Crippen molar-refractivity contribution >= 4 is 5.78 Å². The van der Waals surface area contributed by atoms with Crippen molar-refractivity contribution in [1.29, 1.82) is 0 Å². The van der Waals surface area contributed by atoms with Crippen LogP contribution in [0.25, 0.3) is 0 Å². The number of hydrogen-bond acceptors (Lipinski definition) is 1. The molecule has 0 aromatic rings. The number of allylic oxidation sites excluding steroid dienone is 1. The molecule has 2 fully saturated rings. The van der Waals surface area contributed by atoms with E-state index >= 15 is 0 Å². The van der Waals surface area contributed by atoms with Crippen LogP contribution in [0.3, 0.4) is 0 Å². The number of rotatable bonds is 2. The topological polar surface area (TPSA) is 17.1 Å². The van der Waals surface area contributed by atoms with Gasteiger partial charge in [-0.05, 0) is 19.3 Å². The van der Waals surface area contributed by atoms with Crippen molar-refractivity contribution in [2.75, 3.05) is 0 Å². The summed E-state index contributed by atoms with van der Waals surface area (Å²) in [5.41, 5.74) is 1.17. The summed E-state index contributed by atoms with van der Waals surface area (Å²) in [4.78, 5) is 11.7. The molecule has 2 saturated carbocycles. The van der Waals surface area contributed by atoms with Gasteiger partial charge in [0.2, 0.25) is 0 Å². The fourth-order valence-corrected chi connectivity index (χ4v) is 2.18. The fourth-order valence-electron chi connectivity index (χ4n) is 2.18. The molecule has 12 heavy (non-hydrogen) atoms. The molecule has 0 aliphatic heterocycles. The number of carbonyl (C=O) groups is 1. The smallest absolute Gasteiger partial charge is 0.143 e. The Morgan fingerprint density at radius 3 is 2.33 bits per heavy atom. The molecule has 1 nitrogen and oxygen atoms in total. The largest absolute Gasteiger partial charge is 0.299 e. The van der Waals surface area contributed by atoms with Gasteiger partial charge in [0.25, 0.3) is 0 Å². The second-order valence-electron chi connectivity index (χ2n) is 4.15. The molecule has 0 heterocycles. The van der Waals surface area contributed by atoms with Gasteiger partial charge in [-0.15, -0.1) is 0 Å². The highest BCUT2D eigenvalue weighted by atomic mass is 16.1. The molecular formula is C11H16O. The monoisotopic (exact) mass is 164 g/mol. The zero-order chi connectivity index (χ0) is 8.55. The summed E-state index contributed by atoms with van der Waals surface area (Å²) in [5, 5.41) is 0. The quantitative estimate of drug-likeness (QED) is 0.573. The van der Waals surface area contributed by atoms with Crippen LogP contribution in [-0.2, 0) is 4.79 Å². The van der Waals surface area contributed by atoms with E-state index in [1.807, 2.05) is 0 Å². The summed E-state index contributed by atoms with van der Waals surface area (Å²) in [6, 6.07) is 0. The van der Waals surface area contributed by atoms with Crippen molar-refractivity contribution in [1.82, 2.24) is 0 Å². The molecular weight excluding hydrogens is 148 g/mol. The van der Waals surface area contributed by atoms with Gasteiger partial charge in [-0.1, -0.05) is 31.4 Å². The highest BCUT2D eigenvalue weighted by Gasteiger charge is 2.38. The minimum Gasteiger partial charge on any atom is -0.299 e. The minimum absolute atomic E-state index is 0.271. The maximum atomic E-state index is 11.7. The third-order valence-electron chi connectivity index (χ3n) is 3.15. The Balaban J connectivity index is 1.90. The van der Waals surface area contributed by atoms with E-state index in [0.29, 0.717) is 11.7 Å². The lowest BCUT2D eigenvalue weighted by Crippen LogP contribution is -2.19. The third kappa shape index (κ3) is 1.45. The zero-order valence-corrected chi connectivity index (χ0v) is 7.51. The molecule has 0 amide bonds. The van der Waals surface area contributed by atoms with Crippen LogP contribution in [0, 0.1) is 11.8 Å². The number of carbonyl (C=O) groups excluding carboxylic acids is 1. The molecule has 66 valence electrons. The molecule has 2 aliphatic carbocycles. The molecule has 0 N–H and O–H groups in total. The van der Waals surface area contributed by atoms with Crippen LogP contribution in [-0.4, -0.2) is 5.78 Å². The molecule has 1 heteroatoms.